The van der Waals surface area contributed by atoms with E-state index in [0.29, 0.717) is 18.4 Å². The molecule has 1 atom stereocenters. The van der Waals surface area contributed by atoms with E-state index in [0.717, 1.165) is 42.2 Å². The SMILES string of the molecule is Cc1cccc(OCC2CCCN(c3nccn4nc(C)cc34)C2)n1. The lowest BCUT2D eigenvalue weighted by molar-refractivity contribution is 0.221. The lowest BCUT2D eigenvalue weighted by atomic mass is 9.99. The molecule has 0 aliphatic carbocycles. The zero-order valence-electron chi connectivity index (χ0n) is 14.7. The Labute approximate surface area is 147 Å². The van der Waals surface area contributed by atoms with Crippen LogP contribution in [0.3, 0.4) is 0 Å². The fraction of sp³-hybridized carbons (Fsp3) is 0.421. The molecule has 3 aromatic heterocycles. The first-order valence-corrected chi connectivity index (χ1v) is 8.81. The normalized spacial score (nSPS) is 17.8. The van der Waals surface area contributed by atoms with Crippen molar-refractivity contribution >= 4 is 11.3 Å². The van der Waals surface area contributed by atoms with Crippen molar-refractivity contribution in [2.24, 2.45) is 5.92 Å². The summed E-state index contributed by atoms with van der Waals surface area (Å²) in [4.78, 5) is 11.4. The molecule has 0 radical (unpaired) electrons. The lowest BCUT2D eigenvalue weighted by Gasteiger charge is -2.33. The zero-order valence-corrected chi connectivity index (χ0v) is 14.7. The van der Waals surface area contributed by atoms with Gasteiger partial charge in [-0.2, -0.15) is 5.10 Å². The van der Waals surface area contributed by atoms with Gasteiger partial charge in [-0.05, 0) is 38.8 Å². The molecule has 0 saturated carbocycles. The van der Waals surface area contributed by atoms with Crippen LogP contribution < -0.4 is 9.64 Å². The Kier molecular flexibility index (Phi) is 4.26. The predicted molar refractivity (Wildman–Crippen MR) is 97.1 cm³/mol. The molecule has 0 bridgehead atoms. The molecular weight excluding hydrogens is 314 g/mol. The van der Waals surface area contributed by atoms with Crippen molar-refractivity contribution in [2.75, 3.05) is 24.6 Å². The largest absolute Gasteiger partial charge is 0.477 e. The maximum atomic E-state index is 5.93. The Balaban J connectivity index is 1.47. The van der Waals surface area contributed by atoms with Gasteiger partial charge in [-0.1, -0.05) is 6.07 Å². The van der Waals surface area contributed by atoms with Crippen LogP contribution in [0.15, 0.2) is 36.7 Å². The van der Waals surface area contributed by atoms with Crippen molar-refractivity contribution in [1.82, 2.24) is 19.6 Å². The molecule has 130 valence electrons. The average Bonchev–Trinajstić information content (AvgIpc) is 3.00. The van der Waals surface area contributed by atoms with E-state index in [2.05, 4.69) is 26.0 Å². The van der Waals surface area contributed by atoms with Crippen LogP contribution in [0.5, 0.6) is 5.88 Å². The maximum Gasteiger partial charge on any atom is 0.213 e. The van der Waals surface area contributed by atoms with Gasteiger partial charge >= 0.3 is 0 Å². The number of aromatic nitrogens is 4. The summed E-state index contributed by atoms with van der Waals surface area (Å²) in [5.41, 5.74) is 3.06. The number of hydrogen-bond donors (Lipinski definition) is 0. The van der Waals surface area contributed by atoms with E-state index in [1.807, 2.05) is 49.0 Å². The van der Waals surface area contributed by atoms with Crippen molar-refractivity contribution < 1.29 is 4.74 Å². The second-order valence-electron chi connectivity index (χ2n) is 6.75. The van der Waals surface area contributed by atoms with E-state index in [4.69, 9.17) is 4.74 Å². The van der Waals surface area contributed by atoms with E-state index >= 15 is 0 Å². The number of fused-ring (bicyclic) bond motifs is 1. The predicted octanol–water partition coefficient (Wildman–Crippen LogP) is 3.04. The first-order valence-electron chi connectivity index (χ1n) is 8.81. The maximum absolute atomic E-state index is 5.93. The Morgan fingerprint density at radius 3 is 3.04 bits per heavy atom. The third-order valence-corrected chi connectivity index (χ3v) is 4.64. The van der Waals surface area contributed by atoms with Crippen LogP contribution in [0.25, 0.3) is 5.52 Å². The third-order valence-electron chi connectivity index (χ3n) is 4.64. The van der Waals surface area contributed by atoms with Crippen LogP contribution >= 0.6 is 0 Å². The standard InChI is InChI=1S/C19H23N5O/c1-14-5-3-7-18(21-14)25-13-16-6-4-9-23(12-16)19-17-11-15(2)22-24(17)10-8-20-19/h3,5,7-8,10-11,16H,4,6,9,12-13H2,1-2H3. The van der Waals surface area contributed by atoms with Crippen LogP contribution in [0.1, 0.15) is 24.2 Å². The second-order valence-corrected chi connectivity index (χ2v) is 6.75. The Morgan fingerprint density at radius 1 is 1.24 bits per heavy atom. The Hall–Kier alpha value is -2.63. The van der Waals surface area contributed by atoms with Gasteiger partial charge in [0.2, 0.25) is 5.88 Å². The van der Waals surface area contributed by atoms with Crippen molar-refractivity contribution in [3.05, 3.63) is 48.0 Å². The highest BCUT2D eigenvalue weighted by Gasteiger charge is 2.23. The van der Waals surface area contributed by atoms with Gasteiger partial charge in [0.25, 0.3) is 0 Å². The van der Waals surface area contributed by atoms with Gasteiger partial charge in [0.05, 0.1) is 12.3 Å². The Bertz CT molecular complexity index is 875. The van der Waals surface area contributed by atoms with Gasteiger partial charge in [-0.25, -0.2) is 14.5 Å². The van der Waals surface area contributed by atoms with Gasteiger partial charge in [-0.15, -0.1) is 0 Å². The highest BCUT2D eigenvalue weighted by molar-refractivity contribution is 5.69. The van der Waals surface area contributed by atoms with Crippen molar-refractivity contribution in [2.45, 2.75) is 26.7 Å². The number of rotatable bonds is 4. The van der Waals surface area contributed by atoms with Crippen LogP contribution in [0, 0.1) is 19.8 Å². The van der Waals surface area contributed by atoms with Gasteiger partial charge in [0, 0.05) is 43.2 Å². The number of nitrogens with zero attached hydrogens (tertiary/aromatic N) is 5. The molecule has 6 nitrogen and oxygen atoms in total. The summed E-state index contributed by atoms with van der Waals surface area (Å²) in [5.74, 6) is 2.20. The van der Waals surface area contributed by atoms with Crippen molar-refractivity contribution in [1.29, 1.82) is 0 Å². The molecule has 1 unspecified atom stereocenters. The minimum atomic E-state index is 0.474. The number of ether oxygens (including phenoxy) is 1. The molecule has 4 heterocycles. The molecule has 4 rings (SSSR count). The highest BCUT2D eigenvalue weighted by atomic mass is 16.5. The summed E-state index contributed by atoms with van der Waals surface area (Å²) < 4.78 is 7.84. The molecule has 25 heavy (non-hydrogen) atoms. The molecule has 0 N–H and O–H groups in total. The van der Waals surface area contributed by atoms with E-state index in [1.165, 1.54) is 6.42 Å². The first-order chi connectivity index (χ1) is 12.2. The van der Waals surface area contributed by atoms with E-state index in [9.17, 15) is 0 Å². The second kappa shape index (κ2) is 6.70. The summed E-state index contributed by atoms with van der Waals surface area (Å²) in [7, 11) is 0. The van der Waals surface area contributed by atoms with Crippen LogP contribution in [0.2, 0.25) is 0 Å². The minimum absolute atomic E-state index is 0.474. The molecule has 0 spiro atoms. The average molecular weight is 337 g/mol. The molecule has 1 saturated heterocycles. The molecule has 0 amide bonds. The summed E-state index contributed by atoms with van der Waals surface area (Å²) in [6, 6.07) is 7.98. The first kappa shape index (κ1) is 15.9. The van der Waals surface area contributed by atoms with Crippen LogP contribution in [-0.4, -0.2) is 39.3 Å². The molecule has 1 aliphatic rings. The summed E-state index contributed by atoms with van der Waals surface area (Å²) in [6.45, 7) is 6.65. The third kappa shape index (κ3) is 3.43. The van der Waals surface area contributed by atoms with Crippen LogP contribution in [-0.2, 0) is 0 Å². The number of aryl methyl sites for hydroxylation is 2. The topological polar surface area (TPSA) is 55.5 Å². The number of hydrogen-bond acceptors (Lipinski definition) is 5. The van der Waals surface area contributed by atoms with Gasteiger partial charge in [0.15, 0.2) is 5.82 Å². The molecule has 0 aromatic carbocycles. The quantitative estimate of drug-likeness (QED) is 0.732. The van der Waals surface area contributed by atoms with Gasteiger partial charge in [-0.3, -0.25) is 0 Å². The van der Waals surface area contributed by atoms with Gasteiger partial charge < -0.3 is 9.64 Å². The zero-order chi connectivity index (χ0) is 17.2. The highest BCUT2D eigenvalue weighted by Crippen LogP contribution is 2.26. The monoisotopic (exact) mass is 337 g/mol. The molecular formula is C19H23N5O. The molecule has 3 aromatic rings. The molecule has 6 heteroatoms. The fourth-order valence-electron chi connectivity index (χ4n) is 3.47. The lowest BCUT2D eigenvalue weighted by Crippen LogP contribution is -2.38. The number of pyridine rings is 1. The summed E-state index contributed by atoms with van der Waals surface area (Å²) in [6.07, 6.45) is 6.04. The molecule has 1 fully saturated rings. The number of piperidine rings is 1. The smallest absolute Gasteiger partial charge is 0.213 e. The van der Waals surface area contributed by atoms with Gasteiger partial charge in [0.1, 0.15) is 5.52 Å². The van der Waals surface area contributed by atoms with E-state index < -0.39 is 0 Å². The van der Waals surface area contributed by atoms with Crippen LogP contribution in [0.4, 0.5) is 5.82 Å². The minimum Gasteiger partial charge on any atom is -0.477 e. The summed E-state index contributed by atoms with van der Waals surface area (Å²) >= 11 is 0. The number of anilines is 1. The van der Waals surface area contributed by atoms with Crippen molar-refractivity contribution in [3.63, 3.8) is 0 Å². The van der Waals surface area contributed by atoms with E-state index in [-0.39, 0.29) is 0 Å². The fourth-order valence-corrected chi connectivity index (χ4v) is 3.47. The summed E-state index contributed by atoms with van der Waals surface area (Å²) in [5, 5.41) is 4.49. The molecule has 1 aliphatic heterocycles. The van der Waals surface area contributed by atoms with E-state index in [1.54, 1.807) is 0 Å². The van der Waals surface area contributed by atoms with Crippen molar-refractivity contribution in [3.8, 4) is 5.88 Å². The Morgan fingerprint density at radius 2 is 2.16 bits per heavy atom.